The van der Waals surface area contributed by atoms with E-state index in [1.807, 2.05) is 6.26 Å². The number of aliphatic imine (C=N–C) groups is 1. The van der Waals surface area contributed by atoms with Gasteiger partial charge in [0.15, 0.2) is 5.96 Å². The standard InChI is InChI=1S/C14H28N6O4S2/c1-26-6-4-9(13(23)24)19-12(22)10(7-25)20-11(21)8(15)3-2-5-18-14(16)17/h8-10,25H,2-7,15H2,1H3,(H,19,22)(H,20,21)(H,23,24)(H4,16,17,18)/t8-,9-,10-/m0/s1. The van der Waals surface area contributed by atoms with Crippen LogP contribution in [-0.4, -0.2) is 71.3 Å². The molecule has 0 aliphatic rings. The molecule has 0 aliphatic carbocycles. The average molecular weight is 409 g/mol. The number of nitrogens with one attached hydrogen (secondary N) is 2. The molecule has 0 heterocycles. The Kier molecular flexibility index (Phi) is 12.7. The first-order chi connectivity index (χ1) is 12.2. The Labute approximate surface area is 162 Å². The van der Waals surface area contributed by atoms with Crippen molar-refractivity contribution in [3.05, 3.63) is 0 Å². The monoisotopic (exact) mass is 408 g/mol. The van der Waals surface area contributed by atoms with Gasteiger partial charge in [0.25, 0.3) is 0 Å². The van der Waals surface area contributed by atoms with E-state index >= 15 is 0 Å². The van der Waals surface area contributed by atoms with Crippen LogP contribution in [0.5, 0.6) is 0 Å². The maximum absolute atomic E-state index is 12.2. The number of nitrogens with two attached hydrogens (primary N) is 3. The lowest BCUT2D eigenvalue weighted by Crippen LogP contribution is -2.55. The molecule has 0 aromatic heterocycles. The van der Waals surface area contributed by atoms with Crippen molar-refractivity contribution in [2.75, 3.05) is 24.3 Å². The van der Waals surface area contributed by atoms with E-state index in [2.05, 4.69) is 28.3 Å². The molecule has 10 nitrogen and oxygen atoms in total. The molecule has 0 rings (SSSR count). The Bertz CT molecular complexity index is 502. The van der Waals surface area contributed by atoms with Crippen molar-refractivity contribution in [2.45, 2.75) is 37.4 Å². The summed E-state index contributed by atoms with van der Waals surface area (Å²) < 4.78 is 0. The highest BCUT2D eigenvalue weighted by atomic mass is 32.2. The molecule has 0 saturated heterocycles. The van der Waals surface area contributed by atoms with Gasteiger partial charge >= 0.3 is 5.97 Å². The zero-order valence-corrected chi connectivity index (χ0v) is 16.4. The molecule has 3 atom stereocenters. The van der Waals surface area contributed by atoms with Crippen molar-refractivity contribution in [3.8, 4) is 0 Å². The topological polar surface area (TPSA) is 186 Å². The Morgan fingerprint density at radius 2 is 1.77 bits per heavy atom. The normalized spacial score (nSPS) is 14.0. The van der Waals surface area contributed by atoms with Crippen LogP contribution in [0.4, 0.5) is 0 Å². The first-order valence-electron chi connectivity index (χ1n) is 7.97. The van der Waals surface area contributed by atoms with Crippen LogP contribution >= 0.6 is 24.4 Å². The zero-order chi connectivity index (χ0) is 20.1. The molecule has 12 heteroatoms. The first-order valence-corrected chi connectivity index (χ1v) is 9.99. The lowest BCUT2D eigenvalue weighted by Gasteiger charge is -2.21. The largest absolute Gasteiger partial charge is 0.480 e. The molecule has 0 aromatic rings. The van der Waals surface area contributed by atoms with Crippen molar-refractivity contribution in [1.82, 2.24) is 10.6 Å². The highest BCUT2D eigenvalue weighted by molar-refractivity contribution is 7.98. The number of thioether (sulfide) groups is 1. The predicted molar refractivity (Wildman–Crippen MR) is 106 cm³/mol. The van der Waals surface area contributed by atoms with Crippen molar-refractivity contribution in [1.29, 1.82) is 0 Å². The van der Waals surface area contributed by atoms with Gasteiger partial charge in [0.1, 0.15) is 12.1 Å². The zero-order valence-electron chi connectivity index (χ0n) is 14.7. The number of hydrogen-bond donors (Lipinski definition) is 7. The third kappa shape index (κ3) is 10.4. The molecule has 0 spiro atoms. The van der Waals surface area contributed by atoms with Crippen LogP contribution in [0, 0.1) is 0 Å². The van der Waals surface area contributed by atoms with Crippen LogP contribution in [0.15, 0.2) is 4.99 Å². The van der Waals surface area contributed by atoms with Crippen LogP contribution in [0.2, 0.25) is 0 Å². The maximum atomic E-state index is 12.2. The summed E-state index contributed by atoms with van der Waals surface area (Å²) in [5, 5.41) is 14.0. The van der Waals surface area contributed by atoms with E-state index in [4.69, 9.17) is 22.3 Å². The third-order valence-corrected chi connectivity index (χ3v) is 4.35. The van der Waals surface area contributed by atoms with E-state index in [-0.39, 0.29) is 18.1 Å². The van der Waals surface area contributed by atoms with E-state index < -0.39 is 35.9 Å². The van der Waals surface area contributed by atoms with Gasteiger partial charge in [0, 0.05) is 12.3 Å². The molecule has 9 N–H and O–H groups in total. The van der Waals surface area contributed by atoms with E-state index in [9.17, 15) is 14.4 Å². The van der Waals surface area contributed by atoms with Gasteiger partial charge in [0.2, 0.25) is 11.8 Å². The smallest absolute Gasteiger partial charge is 0.326 e. The van der Waals surface area contributed by atoms with Crippen molar-refractivity contribution in [3.63, 3.8) is 0 Å². The Balaban J connectivity index is 4.56. The number of amides is 2. The van der Waals surface area contributed by atoms with Gasteiger partial charge in [-0.2, -0.15) is 24.4 Å². The molecule has 0 unspecified atom stereocenters. The minimum absolute atomic E-state index is 0.00710. The molecule has 0 saturated carbocycles. The molecule has 0 bridgehead atoms. The fourth-order valence-electron chi connectivity index (χ4n) is 1.89. The maximum Gasteiger partial charge on any atom is 0.326 e. The van der Waals surface area contributed by atoms with Crippen LogP contribution in [-0.2, 0) is 14.4 Å². The first kappa shape index (κ1) is 24.3. The van der Waals surface area contributed by atoms with Gasteiger partial charge in [-0.25, -0.2) is 4.79 Å². The highest BCUT2D eigenvalue weighted by Gasteiger charge is 2.26. The van der Waals surface area contributed by atoms with E-state index in [0.717, 1.165) is 0 Å². The van der Waals surface area contributed by atoms with Gasteiger partial charge < -0.3 is 32.9 Å². The van der Waals surface area contributed by atoms with Crippen LogP contribution in [0.3, 0.4) is 0 Å². The quantitative estimate of drug-likeness (QED) is 0.0797. The number of nitrogens with zero attached hydrogens (tertiary/aromatic N) is 1. The van der Waals surface area contributed by atoms with Gasteiger partial charge in [-0.1, -0.05) is 0 Å². The summed E-state index contributed by atoms with van der Waals surface area (Å²) in [5.41, 5.74) is 16.2. The number of hydrogen-bond acceptors (Lipinski definition) is 7. The molecule has 0 aromatic carbocycles. The molecular weight excluding hydrogens is 380 g/mol. The average Bonchev–Trinajstić information content (AvgIpc) is 2.58. The number of carbonyl (C=O) groups is 3. The van der Waals surface area contributed by atoms with Gasteiger partial charge in [-0.15, -0.1) is 0 Å². The molecule has 26 heavy (non-hydrogen) atoms. The number of thiol groups is 1. The van der Waals surface area contributed by atoms with Gasteiger partial charge in [-0.05, 0) is 31.3 Å². The number of carbonyl (C=O) groups excluding carboxylic acids is 2. The highest BCUT2D eigenvalue weighted by Crippen LogP contribution is 2.03. The number of rotatable bonds is 13. The SMILES string of the molecule is CSCC[C@H](NC(=O)[C@H](CS)NC(=O)[C@@H](N)CCCN=C(N)N)C(=O)O. The van der Waals surface area contributed by atoms with Crippen molar-refractivity contribution < 1.29 is 19.5 Å². The lowest BCUT2D eigenvalue weighted by molar-refractivity contribution is -0.142. The summed E-state index contributed by atoms with van der Waals surface area (Å²) in [6.07, 6.45) is 2.95. The fraction of sp³-hybridized carbons (Fsp3) is 0.714. The number of aliphatic carboxylic acids is 1. The van der Waals surface area contributed by atoms with Crippen LogP contribution < -0.4 is 27.8 Å². The Morgan fingerprint density at radius 1 is 1.15 bits per heavy atom. The number of carboxylic acid groups (broad SMARTS) is 1. The second kappa shape index (κ2) is 13.5. The Hall–Kier alpha value is -1.66. The molecule has 0 aliphatic heterocycles. The number of guanidine groups is 1. The molecule has 0 fully saturated rings. The minimum atomic E-state index is -1.13. The molecular formula is C14H28N6O4S2. The minimum Gasteiger partial charge on any atom is -0.480 e. The summed E-state index contributed by atoms with van der Waals surface area (Å²) in [4.78, 5) is 39.3. The van der Waals surface area contributed by atoms with E-state index in [1.165, 1.54) is 11.8 Å². The summed E-state index contributed by atoms with van der Waals surface area (Å²) in [6.45, 7) is 0.343. The van der Waals surface area contributed by atoms with Crippen molar-refractivity contribution in [2.24, 2.45) is 22.2 Å². The van der Waals surface area contributed by atoms with Crippen molar-refractivity contribution >= 4 is 48.1 Å². The molecule has 0 radical (unpaired) electrons. The third-order valence-electron chi connectivity index (χ3n) is 3.35. The summed E-state index contributed by atoms with van der Waals surface area (Å²) in [5.74, 6) is -1.73. The predicted octanol–water partition coefficient (Wildman–Crippen LogP) is -1.90. The summed E-state index contributed by atoms with van der Waals surface area (Å²) in [7, 11) is 0. The fourth-order valence-corrected chi connectivity index (χ4v) is 2.62. The van der Waals surface area contributed by atoms with Crippen LogP contribution in [0.1, 0.15) is 19.3 Å². The summed E-state index contributed by atoms with van der Waals surface area (Å²) in [6, 6.07) is -2.85. The van der Waals surface area contributed by atoms with E-state index in [0.29, 0.717) is 25.1 Å². The number of carboxylic acids is 1. The Morgan fingerprint density at radius 3 is 2.27 bits per heavy atom. The second-order valence-electron chi connectivity index (χ2n) is 5.48. The van der Waals surface area contributed by atoms with Crippen LogP contribution in [0.25, 0.3) is 0 Å². The van der Waals surface area contributed by atoms with Gasteiger partial charge in [-0.3, -0.25) is 14.6 Å². The molecule has 2 amide bonds. The van der Waals surface area contributed by atoms with E-state index in [1.54, 1.807) is 0 Å². The second-order valence-corrected chi connectivity index (χ2v) is 6.83. The molecule has 150 valence electrons. The van der Waals surface area contributed by atoms with Gasteiger partial charge in [0.05, 0.1) is 6.04 Å². The lowest BCUT2D eigenvalue weighted by atomic mass is 10.1. The summed E-state index contributed by atoms with van der Waals surface area (Å²) >= 11 is 5.51.